The van der Waals surface area contributed by atoms with Crippen molar-refractivity contribution in [2.24, 2.45) is 5.92 Å². The summed E-state index contributed by atoms with van der Waals surface area (Å²) < 4.78 is 32.1. The molecular formula is C20H19N4O6S-. The van der Waals surface area contributed by atoms with E-state index in [1.165, 1.54) is 10.7 Å². The van der Waals surface area contributed by atoms with E-state index < -0.39 is 29.2 Å². The first-order valence-corrected chi connectivity index (χ1v) is 10.4. The Labute approximate surface area is 179 Å². The summed E-state index contributed by atoms with van der Waals surface area (Å²) in [5.41, 5.74) is 2.40. The number of hydrogen-bond donors (Lipinski definition) is 2. The minimum absolute atomic E-state index is 0.221. The third-order valence-corrected chi connectivity index (χ3v) is 5.72. The summed E-state index contributed by atoms with van der Waals surface area (Å²) in [5, 5.41) is 27.9. The number of carbonyl (C=O) groups is 1. The van der Waals surface area contributed by atoms with Crippen LogP contribution in [0.2, 0.25) is 0 Å². The van der Waals surface area contributed by atoms with E-state index in [2.05, 4.69) is 10.3 Å². The molecule has 0 aliphatic carbocycles. The van der Waals surface area contributed by atoms with Gasteiger partial charge < -0.3 is 19.2 Å². The molecule has 162 valence electrons. The first-order chi connectivity index (χ1) is 14.8. The highest BCUT2D eigenvalue weighted by molar-refractivity contribution is 7.80. The molecular weight excluding hydrogens is 424 g/mol. The van der Waals surface area contributed by atoms with Gasteiger partial charge in [-0.05, 0) is 36.2 Å². The molecule has 2 N–H and O–H groups in total. The highest BCUT2D eigenvalue weighted by Gasteiger charge is 2.30. The van der Waals surface area contributed by atoms with Gasteiger partial charge in [-0.2, -0.15) is 0 Å². The maximum Gasteiger partial charge on any atom is 0.327 e. The molecule has 2 aromatic carbocycles. The van der Waals surface area contributed by atoms with Gasteiger partial charge in [0, 0.05) is 28.1 Å². The number of furan rings is 1. The van der Waals surface area contributed by atoms with Crippen molar-refractivity contribution in [1.29, 1.82) is 0 Å². The lowest BCUT2D eigenvalue weighted by Crippen LogP contribution is -2.45. The number of aliphatic hydroxyl groups excluding tert-OH is 1. The number of fused-ring (bicyclic) bond motifs is 3. The van der Waals surface area contributed by atoms with E-state index in [1.807, 2.05) is 0 Å². The molecule has 2 aromatic heterocycles. The summed E-state index contributed by atoms with van der Waals surface area (Å²) in [5.74, 6) is -1.67. The van der Waals surface area contributed by atoms with Gasteiger partial charge in [0.05, 0.1) is 24.2 Å². The Morgan fingerprint density at radius 3 is 2.61 bits per heavy atom. The third kappa shape index (κ3) is 3.78. The van der Waals surface area contributed by atoms with E-state index in [0.717, 1.165) is 9.69 Å². The van der Waals surface area contributed by atoms with Crippen LogP contribution < -0.4 is 4.31 Å². The Balaban J connectivity index is 1.81. The summed E-state index contributed by atoms with van der Waals surface area (Å²) in [6.45, 7) is 3.08. The van der Waals surface area contributed by atoms with E-state index in [9.17, 15) is 18.7 Å². The van der Waals surface area contributed by atoms with Crippen LogP contribution in [0.5, 0.6) is 0 Å². The number of carboxylic acid groups (broad SMARTS) is 1. The standard InChI is InChI=1S/C20H20N4O6S/c1-11(2)19(20(26)27)24(31(28)29)14-4-6-17-16(7-14)15-5-3-13(8-18(15)30-17)23-9-12(10-25)21-22-23/h3-9,11,19,25H,10H2,1-2H3,(H,26,27)(H,28,29)/p-1. The Hall–Kier alpha value is -3.28. The lowest BCUT2D eigenvalue weighted by atomic mass is 10.0. The second kappa shape index (κ2) is 8.10. The van der Waals surface area contributed by atoms with Gasteiger partial charge in [-0.15, -0.1) is 5.10 Å². The van der Waals surface area contributed by atoms with Gasteiger partial charge >= 0.3 is 5.97 Å². The first-order valence-electron chi connectivity index (χ1n) is 9.40. The SMILES string of the molecule is CC(C)C(C(=O)O)N(c1ccc2oc3cc(-n4cc(CO)nn4)ccc3c2c1)S(=O)[O-]. The van der Waals surface area contributed by atoms with Crippen molar-refractivity contribution in [1.82, 2.24) is 15.0 Å². The molecule has 2 unspecified atom stereocenters. The molecule has 0 fully saturated rings. The van der Waals surface area contributed by atoms with Crippen molar-refractivity contribution < 1.29 is 28.2 Å². The third-order valence-electron chi connectivity index (χ3n) is 4.96. The number of rotatable bonds is 7. The fraction of sp³-hybridized carbons (Fsp3) is 0.250. The van der Waals surface area contributed by atoms with E-state index in [4.69, 9.17) is 9.52 Å². The van der Waals surface area contributed by atoms with Crippen molar-refractivity contribution in [3.63, 3.8) is 0 Å². The van der Waals surface area contributed by atoms with Gasteiger partial charge in [0.1, 0.15) is 22.9 Å². The van der Waals surface area contributed by atoms with Crippen LogP contribution in [0.1, 0.15) is 19.5 Å². The molecule has 0 amide bonds. The van der Waals surface area contributed by atoms with Crippen LogP contribution >= 0.6 is 0 Å². The number of aliphatic carboxylic acids is 1. The highest BCUT2D eigenvalue weighted by atomic mass is 32.2. The van der Waals surface area contributed by atoms with Crippen LogP contribution in [0, 0.1) is 5.92 Å². The van der Waals surface area contributed by atoms with Gasteiger partial charge in [-0.3, -0.25) is 8.51 Å². The summed E-state index contributed by atoms with van der Waals surface area (Å²) in [6.07, 6.45) is 1.60. The van der Waals surface area contributed by atoms with E-state index in [0.29, 0.717) is 27.9 Å². The highest BCUT2D eigenvalue weighted by Crippen LogP contribution is 2.34. The van der Waals surface area contributed by atoms with Crippen LogP contribution in [0.15, 0.2) is 47.0 Å². The number of aromatic nitrogens is 3. The molecule has 4 rings (SSSR count). The molecule has 0 saturated heterocycles. The van der Waals surface area contributed by atoms with Crippen LogP contribution in [0.25, 0.3) is 27.6 Å². The van der Waals surface area contributed by atoms with Gasteiger partial charge in [-0.1, -0.05) is 19.1 Å². The van der Waals surface area contributed by atoms with Crippen LogP contribution in [0.3, 0.4) is 0 Å². The average molecular weight is 443 g/mol. The Morgan fingerprint density at radius 2 is 2.00 bits per heavy atom. The van der Waals surface area contributed by atoms with Gasteiger partial charge in [-0.25, -0.2) is 9.48 Å². The molecule has 31 heavy (non-hydrogen) atoms. The number of carboxylic acids is 1. The number of anilines is 1. The number of aliphatic hydroxyl groups is 1. The van der Waals surface area contributed by atoms with Crippen LogP contribution in [-0.2, 0) is 22.7 Å². The van der Waals surface area contributed by atoms with Crippen molar-refractivity contribution in [2.45, 2.75) is 26.5 Å². The van der Waals surface area contributed by atoms with Gasteiger partial charge in [0.2, 0.25) is 0 Å². The zero-order valence-electron chi connectivity index (χ0n) is 16.6. The van der Waals surface area contributed by atoms with E-state index in [1.54, 1.807) is 50.4 Å². The number of nitrogens with zero attached hydrogens (tertiary/aromatic N) is 4. The normalized spacial score (nSPS) is 13.7. The Morgan fingerprint density at radius 1 is 1.23 bits per heavy atom. The zero-order valence-corrected chi connectivity index (χ0v) is 17.4. The molecule has 2 heterocycles. The minimum atomic E-state index is -2.78. The number of benzene rings is 2. The lowest BCUT2D eigenvalue weighted by Gasteiger charge is -2.34. The molecule has 0 aliphatic rings. The van der Waals surface area contributed by atoms with Crippen LogP contribution in [-0.4, -0.2) is 46.0 Å². The van der Waals surface area contributed by atoms with Gasteiger partial charge in [0.25, 0.3) is 0 Å². The van der Waals surface area contributed by atoms with Crippen molar-refractivity contribution in [2.75, 3.05) is 4.31 Å². The topological polar surface area (TPSA) is 145 Å². The summed E-state index contributed by atoms with van der Waals surface area (Å²) in [7, 11) is 0. The number of hydrogen-bond acceptors (Lipinski definition) is 7. The monoisotopic (exact) mass is 443 g/mol. The molecule has 0 spiro atoms. The van der Waals surface area contributed by atoms with Crippen molar-refractivity contribution in [3.8, 4) is 5.69 Å². The fourth-order valence-corrected chi connectivity index (χ4v) is 4.33. The quantitative estimate of drug-likeness (QED) is 0.414. The Bertz CT molecular complexity index is 1300. The zero-order chi connectivity index (χ0) is 22.3. The smallest absolute Gasteiger partial charge is 0.327 e. The summed E-state index contributed by atoms with van der Waals surface area (Å²) in [6, 6.07) is 8.84. The average Bonchev–Trinajstić information content (AvgIpc) is 3.34. The molecule has 2 atom stereocenters. The molecule has 11 heteroatoms. The van der Waals surface area contributed by atoms with Gasteiger partial charge in [0.15, 0.2) is 0 Å². The summed E-state index contributed by atoms with van der Waals surface area (Å²) in [4.78, 5) is 11.7. The van der Waals surface area contributed by atoms with E-state index >= 15 is 0 Å². The fourth-order valence-electron chi connectivity index (χ4n) is 3.53. The van der Waals surface area contributed by atoms with Crippen molar-refractivity contribution in [3.05, 3.63) is 48.3 Å². The molecule has 0 bridgehead atoms. The second-order valence-corrected chi connectivity index (χ2v) is 8.17. The van der Waals surface area contributed by atoms with E-state index in [-0.39, 0.29) is 12.3 Å². The van der Waals surface area contributed by atoms with Crippen LogP contribution in [0.4, 0.5) is 5.69 Å². The predicted molar refractivity (Wildman–Crippen MR) is 112 cm³/mol. The minimum Gasteiger partial charge on any atom is -0.755 e. The second-order valence-electron chi connectivity index (χ2n) is 7.35. The molecule has 0 saturated carbocycles. The molecule has 4 aromatic rings. The maximum atomic E-state index is 11.9. The molecule has 0 aliphatic heterocycles. The summed E-state index contributed by atoms with van der Waals surface area (Å²) >= 11 is -2.78. The largest absolute Gasteiger partial charge is 0.755 e. The first kappa shape index (κ1) is 21.0. The predicted octanol–water partition coefficient (Wildman–Crippen LogP) is 2.37. The molecule has 0 radical (unpaired) electrons. The molecule has 10 nitrogen and oxygen atoms in total. The lowest BCUT2D eigenvalue weighted by molar-refractivity contribution is -0.139. The Kier molecular flexibility index (Phi) is 5.48. The van der Waals surface area contributed by atoms with Crippen molar-refractivity contribution >= 4 is 44.9 Å². The maximum absolute atomic E-state index is 11.9.